The van der Waals surface area contributed by atoms with Gasteiger partial charge in [-0.2, -0.15) is 0 Å². The number of halogens is 2. The summed E-state index contributed by atoms with van der Waals surface area (Å²) < 4.78 is 25.0. The zero-order valence-corrected chi connectivity index (χ0v) is 12.8. The molecular weight excluding hydrogens is 313 g/mol. The summed E-state index contributed by atoms with van der Waals surface area (Å²) in [5, 5.41) is 3.46. The molecule has 0 bridgehead atoms. The third-order valence-electron chi connectivity index (χ3n) is 3.52. The van der Waals surface area contributed by atoms with E-state index < -0.39 is 0 Å². The molecule has 1 unspecified atom stereocenters. The van der Waals surface area contributed by atoms with E-state index in [1.54, 1.807) is 7.11 Å². The van der Waals surface area contributed by atoms with Gasteiger partial charge in [-0.15, -0.1) is 0 Å². The van der Waals surface area contributed by atoms with E-state index in [4.69, 9.17) is 9.47 Å². The molecule has 0 radical (unpaired) electrons. The van der Waals surface area contributed by atoms with E-state index in [-0.39, 0.29) is 5.82 Å². The van der Waals surface area contributed by atoms with Crippen LogP contribution in [0.3, 0.4) is 0 Å². The van der Waals surface area contributed by atoms with E-state index in [9.17, 15) is 4.39 Å². The molecule has 1 fully saturated rings. The molecule has 1 saturated heterocycles. The Bertz CT molecular complexity index is 448. The first-order chi connectivity index (χ1) is 9.17. The lowest BCUT2D eigenvalue weighted by Gasteiger charge is -2.25. The van der Waals surface area contributed by atoms with E-state index in [1.165, 1.54) is 26.0 Å². The normalized spacial score (nSPS) is 19.3. The minimum absolute atomic E-state index is 0.316. The maximum Gasteiger partial charge on any atom is 0.165 e. The fourth-order valence-electron chi connectivity index (χ4n) is 2.54. The Balaban J connectivity index is 2.33. The number of nitrogens with one attached hydrogen (secondary N) is 1. The van der Waals surface area contributed by atoms with Gasteiger partial charge >= 0.3 is 0 Å². The van der Waals surface area contributed by atoms with Crippen molar-refractivity contribution in [1.29, 1.82) is 0 Å². The van der Waals surface area contributed by atoms with Gasteiger partial charge in [0, 0.05) is 17.7 Å². The van der Waals surface area contributed by atoms with Crippen LogP contribution >= 0.6 is 15.9 Å². The van der Waals surface area contributed by atoms with Crippen LogP contribution in [0, 0.1) is 5.82 Å². The van der Waals surface area contributed by atoms with Gasteiger partial charge in [-0.25, -0.2) is 4.39 Å². The van der Waals surface area contributed by atoms with Crippen LogP contribution in [-0.2, 0) is 6.42 Å². The topological polar surface area (TPSA) is 30.5 Å². The highest BCUT2D eigenvalue weighted by Gasteiger charge is 2.22. The summed E-state index contributed by atoms with van der Waals surface area (Å²) in [7, 11) is 3.10. The Morgan fingerprint density at radius 2 is 2.16 bits per heavy atom. The average Bonchev–Trinajstić information content (AvgIpc) is 2.44. The summed E-state index contributed by atoms with van der Waals surface area (Å²) in [6.07, 6.45) is 4.26. The Labute approximate surface area is 121 Å². The lowest BCUT2D eigenvalue weighted by Crippen LogP contribution is -2.35. The zero-order valence-electron chi connectivity index (χ0n) is 11.3. The molecule has 1 N–H and O–H groups in total. The molecule has 1 aliphatic rings. The Hall–Kier alpha value is -0.810. The number of hydrogen-bond acceptors (Lipinski definition) is 3. The molecule has 2 rings (SSSR count). The molecule has 1 aliphatic heterocycles. The largest absolute Gasteiger partial charge is 0.493 e. The highest BCUT2D eigenvalue weighted by Crippen LogP contribution is 2.39. The fourth-order valence-corrected chi connectivity index (χ4v) is 3.00. The number of benzene rings is 1. The Kier molecular flexibility index (Phi) is 5.05. The predicted octanol–water partition coefficient (Wildman–Crippen LogP) is 3.29. The van der Waals surface area contributed by atoms with Crippen LogP contribution in [0.15, 0.2) is 10.5 Å². The molecule has 0 spiro atoms. The number of hydrogen-bond donors (Lipinski definition) is 1. The van der Waals surface area contributed by atoms with Gasteiger partial charge in [0.2, 0.25) is 0 Å². The van der Waals surface area contributed by atoms with Crippen molar-refractivity contribution in [1.82, 2.24) is 5.32 Å². The van der Waals surface area contributed by atoms with E-state index in [1.807, 2.05) is 0 Å². The van der Waals surface area contributed by atoms with E-state index in [2.05, 4.69) is 21.2 Å². The maximum absolute atomic E-state index is 13.9. The number of methoxy groups -OCH3 is 2. The second-order valence-corrected chi connectivity index (χ2v) is 5.53. The van der Waals surface area contributed by atoms with E-state index in [0.717, 1.165) is 24.9 Å². The van der Waals surface area contributed by atoms with E-state index in [0.29, 0.717) is 22.0 Å². The molecule has 5 heteroatoms. The minimum atomic E-state index is -0.316. The van der Waals surface area contributed by atoms with Crippen LogP contribution in [0.2, 0.25) is 0 Å². The van der Waals surface area contributed by atoms with Crippen LogP contribution < -0.4 is 14.8 Å². The van der Waals surface area contributed by atoms with Crippen molar-refractivity contribution in [2.24, 2.45) is 0 Å². The predicted molar refractivity (Wildman–Crippen MR) is 76.5 cm³/mol. The van der Waals surface area contributed by atoms with Crippen LogP contribution in [0.25, 0.3) is 0 Å². The molecule has 106 valence electrons. The summed E-state index contributed by atoms with van der Waals surface area (Å²) in [6, 6.07) is 1.71. The van der Waals surface area contributed by atoms with Crippen molar-refractivity contribution in [3.05, 3.63) is 21.9 Å². The van der Waals surface area contributed by atoms with Crippen LogP contribution in [0.4, 0.5) is 4.39 Å². The average molecular weight is 332 g/mol. The van der Waals surface area contributed by atoms with Gasteiger partial charge in [0.05, 0.1) is 18.7 Å². The lowest BCUT2D eigenvalue weighted by molar-refractivity contribution is 0.342. The van der Waals surface area contributed by atoms with Crippen molar-refractivity contribution in [3.8, 4) is 11.5 Å². The van der Waals surface area contributed by atoms with Crippen molar-refractivity contribution < 1.29 is 13.9 Å². The molecule has 0 aromatic heterocycles. The second-order valence-electron chi connectivity index (χ2n) is 4.74. The van der Waals surface area contributed by atoms with Crippen LogP contribution in [0.1, 0.15) is 24.8 Å². The molecule has 1 heterocycles. The zero-order chi connectivity index (χ0) is 13.8. The minimum Gasteiger partial charge on any atom is -0.493 e. The van der Waals surface area contributed by atoms with Gasteiger partial charge < -0.3 is 14.8 Å². The Morgan fingerprint density at radius 3 is 2.74 bits per heavy atom. The van der Waals surface area contributed by atoms with Crippen molar-refractivity contribution in [2.75, 3.05) is 20.8 Å². The Morgan fingerprint density at radius 1 is 1.37 bits per heavy atom. The molecule has 1 atom stereocenters. The smallest absolute Gasteiger partial charge is 0.165 e. The highest BCUT2D eigenvalue weighted by molar-refractivity contribution is 9.10. The fraction of sp³-hybridized carbons (Fsp3) is 0.571. The first-order valence-electron chi connectivity index (χ1n) is 6.49. The molecule has 0 aliphatic carbocycles. The van der Waals surface area contributed by atoms with Gasteiger partial charge in [-0.05, 0) is 41.7 Å². The molecule has 1 aromatic carbocycles. The van der Waals surface area contributed by atoms with Gasteiger partial charge in [0.15, 0.2) is 11.5 Å². The first kappa shape index (κ1) is 14.6. The van der Waals surface area contributed by atoms with Crippen LogP contribution in [0.5, 0.6) is 11.5 Å². The number of rotatable bonds is 4. The molecule has 3 nitrogen and oxygen atoms in total. The first-order valence-corrected chi connectivity index (χ1v) is 7.29. The molecule has 0 saturated carbocycles. The van der Waals surface area contributed by atoms with Gasteiger partial charge in [0.1, 0.15) is 5.82 Å². The van der Waals surface area contributed by atoms with Gasteiger partial charge in [-0.1, -0.05) is 6.42 Å². The van der Waals surface area contributed by atoms with Crippen molar-refractivity contribution in [2.45, 2.75) is 31.7 Å². The summed E-state index contributed by atoms with van der Waals surface area (Å²) in [6.45, 7) is 1.02. The maximum atomic E-state index is 13.9. The summed E-state index contributed by atoms with van der Waals surface area (Å²) >= 11 is 3.32. The standard InChI is InChI=1S/C14H19BrFNO2/c1-18-12-8-11(16)13(15)10(14(12)19-2)7-9-5-3-4-6-17-9/h8-9,17H,3-7H2,1-2H3. The second kappa shape index (κ2) is 6.57. The third-order valence-corrected chi connectivity index (χ3v) is 4.37. The SMILES string of the molecule is COc1cc(F)c(Br)c(CC2CCCCN2)c1OC. The monoisotopic (exact) mass is 331 g/mol. The van der Waals surface area contributed by atoms with E-state index >= 15 is 0 Å². The summed E-state index contributed by atoms with van der Waals surface area (Å²) in [5.74, 6) is 0.737. The van der Waals surface area contributed by atoms with Gasteiger partial charge in [-0.3, -0.25) is 0 Å². The molecule has 1 aromatic rings. The molecular formula is C14H19BrFNO2. The quantitative estimate of drug-likeness (QED) is 0.918. The summed E-state index contributed by atoms with van der Waals surface area (Å²) in [4.78, 5) is 0. The number of ether oxygens (including phenoxy) is 2. The lowest BCUT2D eigenvalue weighted by atomic mass is 9.97. The van der Waals surface area contributed by atoms with Crippen molar-refractivity contribution in [3.63, 3.8) is 0 Å². The van der Waals surface area contributed by atoms with Crippen LogP contribution in [-0.4, -0.2) is 26.8 Å². The van der Waals surface area contributed by atoms with Crippen molar-refractivity contribution >= 4 is 15.9 Å². The highest BCUT2D eigenvalue weighted by atomic mass is 79.9. The summed E-state index contributed by atoms with van der Waals surface area (Å²) in [5.41, 5.74) is 0.832. The third kappa shape index (κ3) is 3.20. The molecule has 19 heavy (non-hydrogen) atoms. The molecule has 0 amide bonds. The van der Waals surface area contributed by atoms with Gasteiger partial charge in [0.25, 0.3) is 0 Å². The number of piperidine rings is 1.